The summed E-state index contributed by atoms with van der Waals surface area (Å²) in [4.78, 5) is 22.5. The van der Waals surface area contributed by atoms with Crippen molar-refractivity contribution < 1.29 is 23.1 Å². The van der Waals surface area contributed by atoms with Gasteiger partial charge in [-0.2, -0.15) is 0 Å². The van der Waals surface area contributed by atoms with Crippen LogP contribution < -0.4 is 10.0 Å². The first-order chi connectivity index (χ1) is 11.2. The largest absolute Gasteiger partial charge is 0.478 e. The molecular weight excluding hydrogens is 332 g/mol. The molecule has 0 atom stereocenters. The van der Waals surface area contributed by atoms with Crippen molar-refractivity contribution >= 4 is 27.6 Å². The average molecular weight is 348 g/mol. The molecule has 2 rings (SSSR count). The molecular formula is C16H16N2O5S. The molecule has 0 aliphatic rings. The van der Waals surface area contributed by atoms with E-state index in [1.54, 1.807) is 6.92 Å². The van der Waals surface area contributed by atoms with Gasteiger partial charge in [0.1, 0.15) is 0 Å². The summed E-state index contributed by atoms with van der Waals surface area (Å²) in [5.74, 6) is -1.47. The van der Waals surface area contributed by atoms with Crippen LogP contribution in [0.5, 0.6) is 0 Å². The van der Waals surface area contributed by atoms with E-state index in [1.165, 1.54) is 49.5 Å². The minimum atomic E-state index is -3.90. The Morgan fingerprint density at radius 2 is 1.58 bits per heavy atom. The number of aromatic carboxylic acids is 1. The average Bonchev–Trinajstić information content (AvgIpc) is 2.55. The summed E-state index contributed by atoms with van der Waals surface area (Å²) < 4.78 is 27.2. The molecule has 8 heteroatoms. The van der Waals surface area contributed by atoms with Crippen LogP contribution in [0.15, 0.2) is 47.4 Å². The highest BCUT2D eigenvalue weighted by Gasteiger charge is 2.17. The van der Waals surface area contributed by atoms with Crippen LogP contribution in [0.3, 0.4) is 0 Å². The van der Waals surface area contributed by atoms with Gasteiger partial charge in [0.2, 0.25) is 0 Å². The molecule has 0 aliphatic heterocycles. The van der Waals surface area contributed by atoms with Crippen LogP contribution in [0.25, 0.3) is 0 Å². The number of hydrogen-bond acceptors (Lipinski definition) is 4. The van der Waals surface area contributed by atoms with Gasteiger partial charge in [0.25, 0.3) is 15.9 Å². The lowest BCUT2D eigenvalue weighted by molar-refractivity contribution is 0.0696. The fourth-order valence-corrected chi connectivity index (χ4v) is 3.12. The maximum absolute atomic E-state index is 12.4. The number of benzene rings is 2. The van der Waals surface area contributed by atoms with Crippen molar-refractivity contribution in [1.82, 2.24) is 5.32 Å². The van der Waals surface area contributed by atoms with Gasteiger partial charge >= 0.3 is 5.97 Å². The summed E-state index contributed by atoms with van der Waals surface area (Å²) in [6.45, 7) is 1.66. The molecule has 0 bridgehead atoms. The highest BCUT2D eigenvalue weighted by molar-refractivity contribution is 7.92. The first-order valence-electron chi connectivity index (χ1n) is 6.93. The van der Waals surface area contributed by atoms with E-state index in [4.69, 9.17) is 5.11 Å². The van der Waals surface area contributed by atoms with Gasteiger partial charge in [-0.15, -0.1) is 0 Å². The van der Waals surface area contributed by atoms with Crippen LogP contribution in [0, 0.1) is 6.92 Å². The monoisotopic (exact) mass is 348 g/mol. The molecule has 126 valence electrons. The van der Waals surface area contributed by atoms with Crippen LogP contribution >= 0.6 is 0 Å². The second-order valence-corrected chi connectivity index (χ2v) is 6.73. The molecule has 0 aromatic heterocycles. The van der Waals surface area contributed by atoms with Crippen molar-refractivity contribution in [2.24, 2.45) is 0 Å². The molecule has 0 fully saturated rings. The predicted molar refractivity (Wildman–Crippen MR) is 88.8 cm³/mol. The van der Waals surface area contributed by atoms with Crippen molar-refractivity contribution in [2.45, 2.75) is 11.8 Å². The lowest BCUT2D eigenvalue weighted by Gasteiger charge is -2.11. The van der Waals surface area contributed by atoms with Crippen LogP contribution in [0.2, 0.25) is 0 Å². The number of amides is 1. The second kappa shape index (κ2) is 6.71. The van der Waals surface area contributed by atoms with E-state index in [0.717, 1.165) is 0 Å². The third kappa shape index (κ3) is 3.72. The first-order valence-corrected chi connectivity index (χ1v) is 8.42. The maximum Gasteiger partial charge on any atom is 0.335 e. The zero-order valence-corrected chi connectivity index (χ0v) is 13.8. The number of carbonyl (C=O) groups is 2. The quantitative estimate of drug-likeness (QED) is 0.763. The standard InChI is InChI=1S/C16H16N2O5S/c1-10-3-4-12(16(20)21)9-14(10)18-24(22,23)13-7-5-11(6-8-13)15(19)17-2/h3-9,18H,1-2H3,(H,17,19)(H,20,21). The number of carboxylic acids is 1. The number of anilines is 1. The van der Waals surface area contributed by atoms with E-state index in [-0.39, 0.29) is 22.1 Å². The molecule has 0 heterocycles. The Balaban J connectivity index is 2.33. The van der Waals surface area contributed by atoms with Gasteiger partial charge in [-0.1, -0.05) is 6.07 Å². The Morgan fingerprint density at radius 1 is 1.00 bits per heavy atom. The van der Waals surface area contributed by atoms with Gasteiger partial charge < -0.3 is 10.4 Å². The first kappa shape index (κ1) is 17.5. The number of aryl methyl sites for hydroxylation is 1. The minimum absolute atomic E-state index is 0.0201. The van der Waals surface area contributed by atoms with E-state index >= 15 is 0 Å². The molecule has 2 aromatic carbocycles. The van der Waals surface area contributed by atoms with Crippen molar-refractivity contribution in [1.29, 1.82) is 0 Å². The molecule has 3 N–H and O–H groups in total. The third-order valence-corrected chi connectivity index (χ3v) is 4.76. The van der Waals surface area contributed by atoms with Crippen LogP contribution in [-0.2, 0) is 10.0 Å². The van der Waals surface area contributed by atoms with E-state index < -0.39 is 16.0 Å². The Morgan fingerprint density at radius 3 is 2.12 bits per heavy atom. The summed E-state index contributed by atoms with van der Waals surface area (Å²) in [7, 11) is -2.42. The Bertz CT molecular complexity index is 889. The third-order valence-electron chi connectivity index (χ3n) is 3.38. The lowest BCUT2D eigenvalue weighted by Crippen LogP contribution is -2.18. The van der Waals surface area contributed by atoms with E-state index in [1.807, 2.05) is 0 Å². The molecule has 1 amide bonds. The molecule has 7 nitrogen and oxygen atoms in total. The van der Waals surface area contributed by atoms with Crippen molar-refractivity contribution in [3.63, 3.8) is 0 Å². The van der Waals surface area contributed by atoms with Crippen LogP contribution in [0.4, 0.5) is 5.69 Å². The van der Waals surface area contributed by atoms with E-state index in [0.29, 0.717) is 11.1 Å². The number of rotatable bonds is 5. The van der Waals surface area contributed by atoms with Crippen molar-refractivity contribution in [3.8, 4) is 0 Å². The van der Waals surface area contributed by atoms with Gasteiger partial charge in [0.15, 0.2) is 0 Å². The molecule has 0 unspecified atom stereocenters. The summed E-state index contributed by atoms with van der Waals surface area (Å²) >= 11 is 0. The highest BCUT2D eigenvalue weighted by atomic mass is 32.2. The number of nitrogens with one attached hydrogen (secondary N) is 2. The van der Waals surface area contributed by atoms with Gasteiger partial charge in [0, 0.05) is 12.6 Å². The molecule has 2 aromatic rings. The van der Waals surface area contributed by atoms with Gasteiger partial charge in [0.05, 0.1) is 16.1 Å². The van der Waals surface area contributed by atoms with Gasteiger partial charge in [-0.3, -0.25) is 9.52 Å². The zero-order valence-electron chi connectivity index (χ0n) is 13.0. The number of carbonyl (C=O) groups excluding carboxylic acids is 1. The topological polar surface area (TPSA) is 113 Å². The van der Waals surface area contributed by atoms with E-state index in [2.05, 4.69) is 10.0 Å². The van der Waals surface area contributed by atoms with Crippen LogP contribution in [0.1, 0.15) is 26.3 Å². The minimum Gasteiger partial charge on any atom is -0.478 e. The lowest BCUT2D eigenvalue weighted by atomic mass is 10.1. The zero-order chi connectivity index (χ0) is 17.9. The predicted octanol–water partition coefficient (Wildman–Crippen LogP) is 1.85. The highest BCUT2D eigenvalue weighted by Crippen LogP contribution is 2.21. The summed E-state index contributed by atoms with van der Waals surface area (Å²) in [5.41, 5.74) is 1.09. The second-order valence-electron chi connectivity index (χ2n) is 5.04. The van der Waals surface area contributed by atoms with Crippen LogP contribution in [-0.4, -0.2) is 32.4 Å². The normalized spacial score (nSPS) is 10.9. The Kier molecular flexibility index (Phi) is 4.89. The maximum atomic E-state index is 12.4. The molecule has 0 spiro atoms. The molecule has 0 aliphatic carbocycles. The SMILES string of the molecule is CNC(=O)c1ccc(S(=O)(=O)Nc2cc(C(=O)O)ccc2C)cc1. The smallest absolute Gasteiger partial charge is 0.335 e. The fourth-order valence-electron chi connectivity index (χ4n) is 2.00. The molecule has 24 heavy (non-hydrogen) atoms. The summed E-state index contributed by atoms with van der Waals surface area (Å²) in [5, 5.41) is 11.5. The fraction of sp³-hybridized carbons (Fsp3) is 0.125. The molecule has 0 saturated carbocycles. The number of hydrogen-bond donors (Lipinski definition) is 3. The summed E-state index contributed by atoms with van der Waals surface area (Å²) in [6, 6.07) is 9.59. The Hall–Kier alpha value is -2.87. The van der Waals surface area contributed by atoms with Gasteiger partial charge in [-0.05, 0) is 48.9 Å². The number of sulfonamides is 1. The van der Waals surface area contributed by atoms with Crippen molar-refractivity contribution in [3.05, 3.63) is 59.2 Å². The van der Waals surface area contributed by atoms with Gasteiger partial charge in [-0.25, -0.2) is 13.2 Å². The number of carboxylic acid groups (broad SMARTS) is 1. The van der Waals surface area contributed by atoms with E-state index in [9.17, 15) is 18.0 Å². The molecule has 0 saturated heterocycles. The summed E-state index contributed by atoms with van der Waals surface area (Å²) in [6.07, 6.45) is 0. The van der Waals surface area contributed by atoms with Crippen molar-refractivity contribution in [2.75, 3.05) is 11.8 Å². The molecule has 0 radical (unpaired) electrons. The Labute approximate surface area is 139 Å².